The number of hydrogen-bond acceptors (Lipinski definition) is 6. The molecule has 8 nitrogen and oxygen atoms in total. The second-order valence-corrected chi connectivity index (χ2v) is 8.03. The first-order valence-electron chi connectivity index (χ1n) is 10.8. The molecule has 1 aliphatic heterocycles. The lowest BCUT2D eigenvalue weighted by Gasteiger charge is -2.15. The van der Waals surface area contributed by atoms with Gasteiger partial charge in [-0.1, -0.05) is 18.2 Å². The fraction of sp³-hybridized carbons (Fsp3) is 0.208. The molecule has 0 spiro atoms. The molecule has 1 amide bonds. The number of H-pyrrole nitrogens is 1. The number of rotatable bonds is 6. The smallest absolute Gasteiger partial charge is 0.230 e. The second-order valence-electron chi connectivity index (χ2n) is 8.03. The molecule has 0 aliphatic carbocycles. The number of hydrogen-bond donors (Lipinski definition) is 4. The van der Waals surface area contributed by atoms with Crippen molar-refractivity contribution in [1.82, 2.24) is 19.9 Å². The first kappa shape index (κ1) is 21.8. The predicted octanol–water partition coefficient (Wildman–Crippen LogP) is 3.66. The minimum Gasteiger partial charge on any atom is -0.494 e. The van der Waals surface area contributed by atoms with E-state index in [-0.39, 0.29) is 52.4 Å². The van der Waals surface area contributed by atoms with Crippen molar-refractivity contribution in [2.45, 2.75) is 12.3 Å². The minimum atomic E-state index is -0.800. The Labute approximate surface area is 192 Å². The molecule has 3 heterocycles. The van der Waals surface area contributed by atoms with E-state index in [0.29, 0.717) is 25.2 Å². The van der Waals surface area contributed by atoms with E-state index in [0.717, 1.165) is 17.7 Å². The summed E-state index contributed by atoms with van der Waals surface area (Å²) in [6.45, 7) is 0.856. The van der Waals surface area contributed by atoms with Crippen LogP contribution in [0.2, 0.25) is 0 Å². The normalized spacial score (nSPS) is 15.9. The number of aromatic hydroxyl groups is 1. The van der Waals surface area contributed by atoms with Crippen molar-refractivity contribution in [3.8, 4) is 17.3 Å². The third-order valence-electron chi connectivity index (χ3n) is 5.95. The lowest BCUT2D eigenvalue weighted by molar-refractivity contribution is -0.129. The largest absolute Gasteiger partial charge is 0.494 e. The quantitative estimate of drug-likeness (QED) is 0.346. The Morgan fingerprint density at radius 1 is 1.12 bits per heavy atom. The van der Waals surface area contributed by atoms with Gasteiger partial charge in [-0.2, -0.15) is 0 Å². The Kier molecular flexibility index (Phi) is 5.58. The van der Waals surface area contributed by atoms with Gasteiger partial charge in [0.05, 0.1) is 23.6 Å². The number of aliphatic hydroxyl groups excluding tert-OH is 1. The lowest BCUT2D eigenvalue weighted by Crippen LogP contribution is -2.29. The maximum absolute atomic E-state index is 14.4. The maximum Gasteiger partial charge on any atom is 0.230 e. The average Bonchev–Trinajstić information content (AvgIpc) is 3.37. The van der Waals surface area contributed by atoms with E-state index < -0.39 is 11.6 Å². The lowest BCUT2D eigenvalue weighted by atomic mass is 9.97. The van der Waals surface area contributed by atoms with Crippen LogP contribution in [0.15, 0.2) is 48.7 Å². The Hall–Kier alpha value is -4.05. The summed E-state index contributed by atoms with van der Waals surface area (Å²) < 4.78 is 28.7. The van der Waals surface area contributed by atoms with Gasteiger partial charge in [0.25, 0.3) is 0 Å². The number of amides is 1. The van der Waals surface area contributed by atoms with Gasteiger partial charge in [0, 0.05) is 25.0 Å². The van der Waals surface area contributed by atoms with Crippen LogP contribution in [-0.4, -0.2) is 55.7 Å². The number of likely N-dealkylation sites (tertiary alicyclic amines) is 1. The number of β-amino-alcohol motifs (C(OH)–C–C–N with tert-alkyl or cyclic N) is 1. The zero-order chi connectivity index (χ0) is 23.8. The van der Waals surface area contributed by atoms with Crippen LogP contribution in [0.1, 0.15) is 17.9 Å². The van der Waals surface area contributed by atoms with Gasteiger partial charge in [-0.3, -0.25) is 4.79 Å². The van der Waals surface area contributed by atoms with Crippen LogP contribution in [0.3, 0.4) is 0 Å². The third kappa shape index (κ3) is 3.81. The van der Waals surface area contributed by atoms with Crippen LogP contribution in [0, 0.1) is 11.6 Å². The number of nitrogens with zero attached hydrogens (tertiary/aromatic N) is 3. The number of aromatic nitrogens is 3. The molecule has 1 saturated heterocycles. The van der Waals surface area contributed by atoms with Gasteiger partial charge in [-0.15, -0.1) is 0 Å². The number of carbonyl (C=O) groups is 1. The predicted molar refractivity (Wildman–Crippen MR) is 122 cm³/mol. The van der Waals surface area contributed by atoms with Crippen LogP contribution in [-0.2, 0) is 4.79 Å². The highest BCUT2D eigenvalue weighted by Gasteiger charge is 2.32. The number of carbonyl (C=O) groups excluding carboxylic acids is 1. The summed E-state index contributed by atoms with van der Waals surface area (Å²) >= 11 is 0. The second kappa shape index (κ2) is 8.71. The molecule has 10 heteroatoms. The molecule has 1 aliphatic rings. The summed E-state index contributed by atoms with van der Waals surface area (Å²) in [7, 11) is 0. The van der Waals surface area contributed by atoms with Crippen LogP contribution >= 0.6 is 0 Å². The van der Waals surface area contributed by atoms with Crippen molar-refractivity contribution in [3.05, 3.63) is 65.9 Å². The van der Waals surface area contributed by atoms with Crippen LogP contribution in [0.5, 0.6) is 5.88 Å². The van der Waals surface area contributed by atoms with E-state index in [4.69, 9.17) is 5.11 Å². The van der Waals surface area contributed by atoms with E-state index in [1.54, 1.807) is 17.0 Å². The molecule has 174 valence electrons. The molecule has 1 atom stereocenters. The molecule has 5 rings (SSSR count). The zero-order valence-electron chi connectivity index (χ0n) is 17.9. The summed E-state index contributed by atoms with van der Waals surface area (Å²) in [5.41, 5.74) is 1.37. The SMILES string of the molecule is O=C1C(c2ccc(Nc3nc(-c4c(F)cccc4F)nc4c[nH]c(O)c34)cc2)CCN1CCO. The minimum absolute atomic E-state index is 0.0129. The van der Waals surface area contributed by atoms with E-state index in [9.17, 15) is 18.7 Å². The molecule has 1 fully saturated rings. The highest BCUT2D eigenvalue weighted by Crippen LogP contribution is 2.35. The first-order valence-corrected chi connectivity index (χ1v) is 10.8. The van der Waals surface area contributed by atoms with Crippen molar-refractivity contribution in [2.75, 3.05) is 25.0 Å². The molecule has 2 aromatic heterocycles. The topological polar surface area (TPSA) is 114 Å². The first-order chi connectivity index (χ1) is 16.5. The van der Waals surface area contributed by atoms with Crippen molar-refractivity contribution >= 4 is 28.3 Å². The Morgan fingerprint density at radius 2 is 1.85 bits per heavy atom. The van der Waals surface area contributed by atoms with Gasteiger partial charge >= 0.3 is 0 Å². The highest BCUT2D eigenvalue weighted by atomic mass is 19.1. The van der Waals surface area contributed by atoms with Crippen molar-refractivity contribution < 1.29 is 23.8 Å². The molecule has 4 N–H and O–H groups in total. The van der Waals surface area contributed by atoms with Crippen molar-refractivity contribution in [1.29, 1.82) is 0 Å². The number of aliphatic hydroxyl groups is 1. The van der Waals surface area contributed by atoms with Crippen molar-refractivity contribution in [2.24, 2.45) is 0 Å². The average molecular weight is 465 g/mol. The number of nitrogens with one attached hydrogen (secondary N) is 2. The summed E-state index contributed by atoms with van der Waals surface area (Å²) in [5, 5.41) is 22.7. The van der Waals surface area contributed by atoms with Gasteiger partial charge in [0.1, 0.15) is 22.8 Å². The van der Waals surface area contributed by atoms with E-state index in [2.05, 4.69) is 20.3 Å². The fourth-order valence-corrected chi connectivity index (χ4v) is 4.27. The number of benzene rings is 2. The summed E-state index contributed by atoms with van der Waals surface area (Å²) in [6.07, 6.45) is 2.10. The van der Waals surface area contributed by atoms with Crippen LogP contribution in [0.4, 0.5) is 20.3 Å². The summed E-state index contributed by atoms with van der Waals surface area (Å²) in [5.74, 6) is -2.06. The molecular weight excluding hydrogens is 444 g/mol. The third-order valence-corrected chi connectivity index (χ3v) is 5.95. The molecule has 1 unspecified atom stereocenters. The van der Waals surface area contributed by atoms with Crippen LogP contribution in [0.25, 0.3) is 22.3 Å². The Morgan fingerprint density at radius 3 is 2.56 bits per heavy atom. The highest BCUT2D eigenvalue weighted by molar-refractivity contribution is 5.96. The number of anilines is 2. The fourth-order valence-electron chi connectivity index (χ4n) is 4.27. The monoisotopic (exact) mass is 465 g/mol. The summed E-state index contributed by atoms with van der Waals surface area (Å²) in [6, 6.07) is 10.7. The molecule has 0 bridgehead atoms. The van der Waals surface area contributed by atoms with E-state index in [1.807, 2.05) is 12.1 Å². The van der Waals surface area contributed by atoms with Crippen LogP contribution < -0.4 is 5.32 Å². The number of fused-ring (bicyclic) bond motifs is 1. The van der Waals surface area contributed by atoms with E-state index in [1.165, 1.54) is 12.3 Å². The van der Waals surface area contributed by atoms with Gasteiger partial charge in [-0.05, 0) is 36.2 Å². The standard InChI is InChI=1S/C24H21F2N5O3/c25-16-2-1-3-17(26)19(16)21-29-18-12-27-23(33)20(18)22(30-21)28-14-6-4-13(5-7-14)15-8-9-31(10-11-32)24(15)34/h1-7,12,15,27,32-33H,8-11H2,(H,28,29,30). The van der Waals surface area contributed by atoms with E-state index >= 15 is 0 Å². The molecule has 0 radical (unpaired) electrons. The Bertz CT molecular complexity index is 1350. The molecule has 4 aromatic rings. The molecular formula is C24H21F2N5O3. The van der Waals surface area contributed by atoms with Gasteiger partial charge in [-0.25, -0.2) is 18.7 Å². The van der Waals surface area contributed by atoms with Gasteiger partial charge < -0.3 is 25.4 Å². The summed E-state index contributed by atoms with van der Waals surface area (Å²) in [4.78, 5) is 25.3. The molecule has 2 aromatic carbocycles. The van der Waals surface area contributed by atoms with Gasteiger partial charge in [0.2, 0.25) is 11.8 Å². The van der Waals surface area contributed by atoms with Gasteiger partial charge in [0.15, 0.2) is 5.82 Å². The number of aromatic amines is 1. The maximum atomic E-state index is 14.4. The Balaban J connectivity index is 1.47. The zero-order valence-corrected chi connectivity index (χ0v) is 17.9. The molecule has 0 saturated carbocycles. The molecule has 34 heavy (non-hydrogen) atoms. The van der Waals surface area contributed by atoms with Crippen molar-refractivity contribution in [3.63, 3.8) is 0 Å². The number of halogens is 2.